The third kappa shape index (κ3) is 5.15. The van der Waals surface area contributed by atoms with Crippen molar-refractivity contribution in [3.63, 3.8) is 0 Å². The quantitative estimate of drug-likeness (QED) is 0.810. The molecule has 0 bridgehead atoms. The van der Waals surface area contributed by atoms with Crippen molar-refractivity contribution in [1.82, 2.24) is 0 Å². The summed E-state index contributed by atoms with van der Waals surface area (Å²) in [5.74, 6) is 0.394. The van der Waals surface area contributed by atoms with Gasteiger partial charge in [0.15, 0.2) is 6.61 Å². The maximum absolute atomic E-state index is 11.9. The van der Waals surface area contributed by atoms with Gasteiger partial charge in [0, 0.05) is 5.69 Å². The van der Waals surface area contributed by atoms with Crippen molar-refractivity contribution in [2.75, 3.05) is 11.9 Å². The fraction of sp³-hybridized carbons (Fsp3) is 0.278. The van der Waals surface area contributed by atoms with Crippen molar-refractivity contribution in [3.8, 4) is 5.75 Å². The van der Waals surface area contributed by atoms with Crippen molar-refractivity contribution >= 4 is 34.8 Å². The molecule has 3 nitrogen and oxygen atoms in total. The number of hydrogen-bond donors (Lipinski definition) is 1. The third-order valence-electron chi connectivity index (χ3n) is 3.29. The molecule has 0 aliphatic rings. The average molecular weight is 352 g/mol. The summed E-state index contributed by atoms with van der Waals surface area (Å²) in [6, 6.07) is 12.7. The molecule has 1 amide bonds. The van der Waals surface area contributed by atoms with Gasteiger partial charge in [-0.15, -0.1) is 0 Å². The lowest BCUT2D eigenvalue weighted by Crippen LogP contribution is -2.20. The van der Waals surface area contributed by atoms with Crippen LogP contribution in [0.2, 0.25) is 10.0 Å². The van der Waals surface area contributed by atoms with Crippen LogP contribution in [0.3, 0.4) is 0 Å². The van der Waals surface area contributed by atoms with Gasteiger partial charge in [0.05, 0.1) is 10.0 Å². The first-order valence-corrected chi connectivity index (χ1v) is 7.99. The van der Waals surface area contributed by atoms with Crippen LogP contribution in [-0.4, -0.2) is 12.5 Å². The van der Waals surface area contributed by atoms with Crippen LogP contribution < -0.4 is 10.1 Å². The van der Waals surface area contributed by atoms with Crippen molar-refractivity contribution in [1.29, 1.82) is 0 Å². The number of hydrogen-bond acceptors (Lipinski definition) is 2. The molecule has 122 valence electrons. The predicted octanol–water partition coefficient (Wildman–Crippen LogP) is 5.31. The van der Waals surface area contributed by atoms with Gasteiger partial charge in [-0.05, 0) is 41.3 Å². The highest BCUT2D eigenvalue weighted by Gasteiger charge is 2.13. The molecule has 2 rings (SSSR count). The predicted molar refractivity (Wildman–Crippen MR) is 95.7 cm³/mol. The fourth-order valence-corrected chi connectivity index (χ4v) is 2.27. The first-order chi connectivity index (χ1) is 10.8. The van der Waals surface area contributed by atoms with E-state index >= 15 is 0 Å². The summed E-state index contributed by atoms with van der Waals surface area (Å²) in [4.78, 5) is 11.9. The zero-order valence-electron chi connectivity index (χ0n) is 13.3. The Balaban J connectivity index is 1.90. The molecule has 0 fully saturated rings. The number of anilines is 1. The van der Waals surface area contributed by atoms with Crippen LogP contribution >= 0.6 is 23.2 Å². The zero-order valence-corrected chi connectivity index (χ0v) is 14.8. The first-order valence-electron chi connectivity index (χ1n) is 7.24. The van der Waals surface area contributed by atoms with E-state index in [1.54, 1.807) is 18.2 Å². The summed E-state index contributed by atoms with van der Waals surface area (Å²) in [6.07, 6.45) is 0. The molecular formula is C18H19Cl2NO2. The lowest BCUT2D eigenvalue weighted by molar-refractivity contribution is -0.118. The van der Waals surface area contributed by atoms with Crippen LogP contribution in [0.15, 0.2) is 42.5 Å². The minimum Gasteiger partial charge on any atom is -0.484 e. The van der Waals surface area contributed by atoms with Gasteiger partial charge >= 0.3 is 0 Å². The van der Waals surface area contributed by atoms with E-state index in [-0.39, 0.29) is 17.9 Å². The maximum Gasteiger partial charge on any atom is 0.262 e. The number of carbonyl (C=O) groups excluding carboxylic acids is 1. The zero-order chi connectivity index (χ0) is 17.0. The van der Waals surface area contributed by atoms with E-state index in [1.807, 2.05) is 24.3 Å². The lowest BCUT2D eigenvalue weighted by Gasteiger charge is -2.19. The Hall–Kier alpha value is -1.71. The summed E-state index contributed by atoms with van der Waals surface area (Å²) >= 11 is 11.7. The van der Waals surface area contributed by atoms with Crippen molar-refractivity contribution in [2.24, 2.45) is 0 Å². The number of amides is 1. The summed E-state index contributed by atoms with van der Waals surface area (Å²) in [5, 5.41) is 3.54. The summed E-state index contributed by atoms with van der Waals surface area (Å²) in [7, 11) is 0. The van der Waals surface area contributed by atoms with E-state index in [1.165, 1.54) is 5.56 Å². The molecular weight excluding hydrogens is 333 g/mol. The maximum atomic E-state index is 11.9. The molecule has 0 aromatic heterocycles. The van der Waals surface area contributed by atoms with E-state index in [0.717, 1.165) is 0 Å². The van der Waals surface area contributed by atoms with Gasteiger partial charge < -0.3 is 10.1 Å². The molecule has 0 atom stereocenters. The second-order valence-electron chi connectivity index (χ2n) is 6.24. The smallest absolute Gasteiger partial charge is 0.262 e. The molecule has 23 heavy (non-hydrogen) atoms. The van der Waals surface area contributed by atoms with E-state index in [4.69, 9.17) is 27.9 Å². The van der Waals surface area contributed by atoms with Crippen LogP contribution in [0.4, 0.5) is 5.69 Å². The normalized spacial score (nSPS) is 11.2. The van der Waals surface area contributed by atoms with Crippen molar-refractivity contribution in [2.45, 2.75) is 26.2 Å². The number of benzene rings is 2. The molecule has 5 heteroatoms. The van der Waals surface area contributed by atoms with E-state index < -0.39 is 0 Å². The fourth-order valence-electron chi connectivity index (χ4n) is 1.97. The first kappa shape index (κ1) is 17.6. The Kier molecular flexibility index (Phi) is 5.55. The number of rotatable bonds is 4. The van der Waals surface area contributed by atoms with Crippen LogP contribution in [0, 0.1) is 0 Å². The third-order valence-corrected chi connectivity index (χ3v) is 4.03. The Labute approximate surface area is 146 Å². The van der Waals surface area contributed by atoms with E-state index in [2.05, 4.69) is 26.1 Å². The monoisotopic (exact) mass is 351 g/mol. The van der Waals surface area contributed by atoms with E-state index in [0.29, 0.717) is 21.5 Å². The Morgan fingerprint density at radius 1 is 1.04 bits per heavy atom. The Morgan fingerprint density at radius 2 is 1.70 bits per heavy atom. The highest BCUT2D eigenvalue weighted by atomic mass is 35.5. The molecule has 0 aliphatic carbocycles. The molecule has 0 unspecified atom stereocenters. The van der Waals surface area contributed by atoms with Crippen LogP contribution in [0.5, 0.6) is 5.75 Å². The molecule has 2 aromatic rings. The highest BCUT2D eigenvalue weighted by Crippen LogP contribution is 2.25. The lowest BCUT2D eigenvalue weighted by atomic mass is 9.87. The van der Waals surface area contributed by atoms with Crippen LogP contribution in [-0.2, 0) is 10.2 Å². The largest absolute Gasteiger partial charge is 0.484 e. The Bertz CT molecular complexity index is 691. The number of halogens is 2. The van der Waals surface area contributed by atoms with Crippen molar-refractivity contribution in [3.05, 3.63) is 58.1 Å². The molecule has 2 aromatic carbocycles. The highest BCUT2D eigenvalue weighted by molar-refractivity contribution is 6.42. The van der Waals surface area contributed by atoms with E-state index in [9.17, 15) is 4.79 Å². The minimum atomic E-state index is -0.261. The van der Waals surface area contributed by atoms with Gasteiger partial charge in [0.1, 0.15) is 5.75 Å². The van der Waals surface area contributed by atoms with Crippen LogP contribution in [0.1, 0.15) is 26.3 Å². The standard InChI is InChI=1S/C18H19Cl2NO2/c1-18(2,3)12-4-7-14(8-5-12)23-11-17(22)21-13-6-9-15(19)16(20)10-13/h4-10H,11H2,1-3H3,(H,21,22). The van der Waals surface area contributed by atoms with Crippen molar-refractivity contribution < 1.29 is 9.53 Å². The van der Waals surface area contributed by atoms with Gasteiger partial charge in [-0.2, -0.15) is 0 Å². The molecule has 0 radical (unpaired) electrons. The minimum absolute atomic E-state index is 0.0743. The molecule has 0 spiro atoms. The number of ether oxygens (including phenoxy) is 1. The number of nitrogens with one attached hydrogen (secondary N) is 1. The Morgan fingerprint density at radius 3 is 2.26 bits per heavy atom. The molecule has 0 aliphatic heterocycles. The van der Waals surface area contributed by atoms with Crippen LogP contribution in [0.25, 0.3) is 0 Å². The molecule has 0 heterocycles. The summed E-state index contributed by atoms with van der Waals surface area (Å²) in [5.41, 5.74) is 1.88. The number of carbonyl (C=O) groups is 1. The summed E-state index contributed by atoms with van der Waals surface area (Å²) < 4.78 is 5.49. The average Bonchev–Trinajstić information content (AvgIpc) is 2.48. The van der Waals surface area contributed by atoms with Gasteiger partial charge in [-0.3, -0.25) is 4.79 Å². The SMILES string of the molecule is CC(C)(C)c1ccc(OCC(=O)Nc2ccc(Cl)c(Cl)c2)cc1. The van der Waals surface area contributed by atoms with Gasteiger partial charge in [0.25, 0.3) is 5.91 Å². The molecule has 0 saturated carbocycles. The van der Waals surface area contributed by atoms with Gasteiger partial charge in [0.2, 0.25) is 0 Å². The molecule has 0 saturated heterocycles. The second-order valence-corrected chi connectivity index (χ2v) is 7.05. The molecule has 1 N–H and O–H groups in total. The second kappa shape index (κ2) is 7.24. The van der Waals surface area contributed by atoms with Gasteiger partial charge in [-0.1, -0.05) is 56.1 Å². The van der Waals surface area contributed by atoms with Gasteiger partial charge in [-0.25, -0.2) is 0 Å². The summed E-state index contributed by atoms with van der Waals surface area (Å²) in [6.45, 7) is 6.36. The topological polar surface area (TPSA) is 38.3 Å².